The molecule has 2 N–H and O–H groups in total. The average Bonchev–Trinajstić information content (AvgIpc) is 2.99. The van der Waals surface area contributed by atoms with Gasteiger partial charge in [0, 0.05) is 0 Å². The number of hydrogen-bond acceptors (Lipinski definition) is 5. The Labute approximate surface area is 134 Å². The molecule has 112 valence electrons. The molecule has 1 heterocycles. The van der Waals surface area contributed by atoms with Crippen molar-refractivity contribution in [3.63, 3.8) is 0 Å². The molecule has 0 unspecified atom stereocenters. The first-order valence-corrected chi connectivity index (χ1v) is 7.34. The maximum atomic E-state index is 12.3. The summed E-state index contributed by atoms with van der Waals surface area (Å²) >= 11 is 1.22. The Balaban J connectivity index is 1.93. The van der Waals surface area contributed by atoms with Crippen molar-refractivity contribution in [2.75, 3.05) is 5.32 Å². The molecule has 0 aliphatic carbocycles. The van der Waals surface area contributed by atoms with Crippen LogP contribution in [-0.4, -0.2) is 22.0 Å². The summed E-state index contributed by atoms with van der Waals surface area (Å²) in [5.74, 6) is -1.71. The summed E-state index contributed by atoms with van der Waals surface area (Å²) in [7, 11) is 0. The van der Waals surface area contributed by atoms with E-state index in [4.69, 9.17) is 5.26 Å². The zero-order valence-electron chi connectivity index (χ0n) is 11.6. The van der Waals surface area contributed by atoms with Gasteiger partial charge in [-0.2, -0.15) is 5.26 Å². The van der Waals surface area contributed by atoms with Crippen molar-refractivity contribution in [3.8, 4) is 6.07 Å². The van der Waals surface area contributed by atoms with Crippen molar-refractivity contribution in [2.45, 2.75) is 0 Å². The van der Waals surface area contributed by atoms with E-state index >= 15 is 0 Å². The van der Waals surface area contributed by atoms with Crippen LogP contribution in [0.4, 0.5) is 5.69 Å². The Morgan fingerprint density at radius 2 is 2.00 bits per heavy atom. The van der Waals surface area contributed by atoms with Crippen LogP contribution in [-0.2, 0) is 0 Å². The van der Waals surface area contributed by atoms with Gasteiger partial charge in [0.1, 0.15) is 0 Å². The lowest BCUT2D eigenvalue weighted by atomic mass is 10.1. The predicted octanol–water partition coefficient (Wildman–Crippen LogP) is 3.12. The molecule has 0 atom stereocenters. The number of anilines is 1. The predicted molar refractivity (Wildman–Crippen MR) is 85.7 cm³/mol. The molecule has 2 aromatic carbocycles. The van der Waals surface area contributed by atoms with Crippen molar-refractivity contribution in [1.82, 2.24) is 4.98 Å². The molecule has 6 nitrogen and oxygen atoms in total. The van der Waals surface area contributed by atoms with Gasteiger partial charge in [0.05, 0.1) is 33.1 Å². The summed E-state index contributed by atoms with van der Waals surface area (Å²) in [5.41, 5.74) is 0.903. The SMILES string of the molecule is N#Cc1ccc(NC(=O)c2nc3ccccc3s2)c(C(=O)O)c1. The van der Waals surface area contributed by atoms with E-state index in [0.29, 0.717) is 5.52 Å². The van der Waals surface area contributed by atoms with Gasteiger partial charge in [-0.3, -0.25) is 4.79 Å². The highest BCUT2D eigenvalue weighted by molar-refractivity contribution is 7.20. The largest absolute Gasteiger partial charge is 0.478 e. The molecular formula is C16H9N3O3S. The molecule has 0 saturated heterocycles. The molecule has 1 amide bonds. The number of carbonyl (C=O) groups excluding carboxylic acids is 1. The van der Waals surface area contributed by atoms with Crippen molar-refractivity contribution < 1.29 is 14.7 Å². The lowest BCUT2D eigenvalue weighted by Crippen LogP contribution is -2.14. The molecule has 3 rings (SSSR count). The number of nitrogens with zero attached hydrogens (tertiary/aromatic N) is 2. The van der Waals surface area contributed by atoms with Gasteiger partial charge in [-0.25, -0.2) is 9.78 Å². The monoisotopic (exact) mass is 323 g/mol. The Morgan fingerprint density at radius 1 is 1.22 bits per heavy atom. The minimum absolute atomic E-state index is 0.126. The van der Waals surface area contributed by atoms with Crippen LogP contribution < -0.4 is 5.32 Å². The summed E-state index contributed by atoms with van der Waals surface area (Å²) in [5, 5.41) is 20.8. The zero-order chi connectivity index (χ0) is 16.4. The second-order valence-corrected chi connectivity index (χ2v) is 5.65. The van der Waals surface area contributed by atoms with Gasteiger partial charge in [0.2, 0.25) is 0 Å². The van der Waals surface area contributed by atoms with E-state index in [9.17, 15) is 14.7 Å². The summed E-state index contributed by atoms with van der Waals surface area (Å²) < 4.78 is 0.871. The minimum Gasteiger partial charge on any atom is -0.478 e. The summed E-state index contributed by atoms with van der Waals surface area (Å²) in [4.78, 5) is 27.8. The topological polar surface area (TPSA) is 103 Å². The molecule has 0 bridgehead atoms. The number of carboxylic acid groups (broad SMARTS) is 1. The fraction of sp³-hybridized carbons (Fsp3) is 0. The van der Waals surface area contributed by atoms with Gasteiger partial charge >= 0.3 is 5.97 Å². The number of hydrogen-bond donors (Lipinski definition) is 2. The summed E-state index contributed by atoms with van der Waals surface area (Å²) in [6, 6.07) is 13.3. The average molecular weight is 323 g/mol. The molecule has 3 aromatic rings. The number of carboxylic acids is 1. The molecule has 23 heavy (non-hydrogen) atoms. The van der Waals surface area contributed by atoms with E-state index in [-0.39, 0.29) is 21.8 Å². The fourth-order valence-corrected chi connectivity index (χ4v) is 2.91. The molecule has 7 heteroatoms. The third-order valence-corrected chi connectivity index (χ3v) is 4.15. The highest BCUT2D eigenvalue weighted by Gasteiger charge is 2.17. The first-order valence-electron chi connectivity index (χ1n) is 6.53. The van der Waals surface area contributed by atoms with E-state index < -0.39 is 11.9 Å². The smallest absolute Gasteiger partial charge is 0.337 e. The minimum atomic E-state index is -1.22. The number of fused-ring (bicyclic) bond motifs is 1. The number of nitriles is 1. The number of nitrogens with one attached hydrogen (secondary N) is 1. The van der Waals surface area contributed by atoms with Crippen LogP contribution in [0.25, 0.3) is 10.2 Å². The van der Waals surface area contributed by atoms with Gasteiger partial charge in [-0.15, -0.1) is 11.3 Å². The van der Waals surface area contributed by atoms with Crippen LogP contribution in [0.2, 0.25) is 0 Å². The third kappa shape index (κ3) is 2.88. The molecule has 0 spiro atoms. The zero-order valence-corrected chi connectivity index (χ0v) is 12.4. The highest BCUT2D eigenvalue weighted by atomic mass is 32.1. The Hall–Kier alpha value is -3.24. The van der Waals surface area contributed by atoms with Crippen LogP contribution in [0.3, 0.4) is 0 Å². The van der Waals surface area contributed by atoms with Crippen LogP contribution in [0, 0.1) is 11.3 Å². The van der Waals surface area contributed by atoms with Crippen LogP contribution >= 0.6 is 11.3 Å². The van der Waals surface area contributed by atoms with Gasteiger partial charge in [-0.05, 0) is 30.3 Å². The Bertz CT molecular complexity index is 939. The van der Waals surface area contributed by atoms with E-state index in [1.54, 1.807) is 6.07 Å². The molecule has 0 fully saturated rings. The molecule has 0 radical (unpaired) electrons. The lowest BCUT2D eigenvalue weighted by molar-refractivity contribution is 0.0698. The molecule has 1 aromatic heterocycles. The van der Waals surface area contributed by atoms with Crippen molar-refractivity contribution in [3.05, 3.63) is 58.6 Å². The van der Waals surface area contributed by atoms with Crippen LogP contribution in [0.5, 0.6) is 0 Å². The lowest BCUT2D eigenvalue weighted by Gasteiger charge is -2.07. The number of benzene rings is 2. The maximum Gasteiger partial charge on any atom is 0.337 e. The second-order valence-electron chi connectivity index (χ2n) is 4.62. The van der Waals surface area contributed by atoms with E-state index in [0.717, 1.165) is 4.70 Å². The molecule has 0 saturated carbocycles. The molecular weight excluding hydrogens is 314 g/mol. The number of carbonyl (C=O) groups is 2. The number of para-hydroxylation sites is 1. The Morgan fingerprint density at radius 3 is 2.70 bits per heavy atom. The second kappa shape index (κ2) is 5.87. The van der Waals surface area contributed by atoms with Crippen LogP contribution in [0.1, 0.15) is 25.7 Å². The number of rotatable bonds is 3. The highest BCUT2D eigenvalue weighted by Crippen LogP contribution is 2.23. The number of aromatic nitrogens is 1. The van der Waals surface area contributed by atoms with Gasteiger partial charge < -0.3 is 10.4 Å². The first-order chi connectivity index (χ1) is 11.1. The number of amides is 1. The van der Waals surface area contributed by atoms with Gasteiger partial charge in [0.25, 0.3) is 5.91 Å². The standard InChI is InChI=1S/C16H9N3O3S/c17-8-9-5-6-11(10(7-9)16(21)22)18-14(20)15-19-12-3-1-2-4-13(12)23-15/h1-7H,(H,18,20)(H,21,22). The van der Waals surface area contributed by atoms with Gasteiger partial charge in [-0.1, -0.05) is 12.1 Å². The van der Waals surface area contributed by atoms with Gasteiger partial charge in [0.15, 0.2) is 5.01 Å². The maximum absolute atomic E-state index is 12.3. The van der Waals surface area contributed by atoms with Crippen molar-refractivity contribution in [2.24, 2.45) is 0 Å². The fourth-order valence-electron chi connectivity index (χ4n) is 2.04. The normalized spacial score (nSPS) is 10.2. The van der Waals surface area contributed by atoms with E-state index in [2.05, 4.69) is 10.3 Å². The van der Waals surface area contributed by atoms with E-state index in [1.807, 2.05) is 24.3 Å². The first kappa shape index (κ1) is 14.7. The molecule has 0 aliphatic rings. The van der Waals surface area contributed by atoms with Crippen LogP contribution in [0.15, 0.2) is 42.5 Å². The summed E-state index contributed by atoms with van der Waals surface area (Å²) in [6.45, 7) is 0. The Kier molecular flexibility index (Phi) is 3.75. The van der Waals surface area contributed by atoms with Crippen molar-refractivity contribution >= 4 is 39.1 Å². The quantitative estimate of drug-likeness (QED) is 0.771. The summed E-state index contributed by atoms with van der Waals surface area (Å²) in [6.07, 6.45) is 0. The number of aromatic carboxylic acids is 1. The number of thiazole rings is 1. The third-order valence-electron chi connectivity index (χ3n) is 3.12. The van der Waals surface area contributed by atoms with E-state index in [1.165, 1.54) is 29.5 Å². The molecule has 0 aliphatic heterocycles. The van der Waals surface area contributed by atoms with Crippen molar-refractivity contribution in [1.29, 1.82) is 5.26 Å².